The zero-order valence-electron chi connectivity index (χ0n) is 17.2. The van der Waals surface area contributed by atoms with Gasteiger partial charge in [0, 0.05) is 17.2 Å². The minimum atomic E-state index is -0.911. The molecule has 0 spiro atoms. The van der Waals surface area contributed by atoms with Crippen LogP contribution in [-0.2, 0) is 4.79 Å². The molecular weight excluding hydrogens is 442 g/mol. The molecule has 0 saturated carbocycles. The quantitative estimate of drug-likeness (QED) is 0.388. The van der Waals surface area contributed by atoms with Gasteiger partial charge in [-0.25, -0.2) is 0 Å². The molecular formula is C20H18ClN5O6. The van der Waals surface area contributed by atoms with Crippen molar-refractivity contribution < 1.29 is 19.4 Å². The number of non-ortho nitro benzene ring substituents is 1. The first-order valence-electron chi connectivity index (χ1n) is 9.30. The van der Waals surface area contributed by atoms with E-state index in [0.29, 0.717) is 16.5 Å². The van der Waals surface area contributed by atoms with Gasteiger partial charge in [-0.3, -0.25) is 14.9 Å². The first-order chi connectivity index (χ1) is 15.0. The van der Waals surface area contributed by atoms with E-state index < -0.39 is 21.8 Å². The number of carbonyl (C=O) groups is 1. The van der Waals surface area contributed by atoms with E-state index in [9.17, 15) is 25.0 Å². The molecule has 1 N–H and O–H groups in total. The van der Waals surface area contributed by atoms with E-state index in [1.807, 2.05) is 0 Å². The Labute approximate surface area is 186 Å². The van der Waals surface area contributed by atoms with Gasteiger partial charge in [-0.2, -0.15) is 4.68 Å². The van der Waals surface area contributed by atoms with Crippen LogP contribution in [0.2, 0.25) is 5.02 Å². The molecule has 32 heavy (non-hydrogen) atoms. The largest absolute Gasteiger partial charge is 0.457 e. The summed E-state index contributed by atoms with van der Waals surface area (Å²) in [6.07, 6.45) is 0. The summed E-state index contributed by atoms with van der Waals surface area (Å²) in [5, 5.41) is 29.2. The Morgan fingerprint density at radius 1 is 1.09 bits per heavy atom. The molecule has 0 radical (unpaired) electrons. The predicted molar refractivity (Wildman–Crippen MR) is 116 cm³/mol. The molecule has 0 bridgehead atoms. The number of carbonyl (C=O) groups excluding carboxylic acids is 1. The highest BCUT2D eigenvalue weighted by Gasteiger charge is 2.25. The second kappa shape index (κ2) is 9.02. The van der Waals surface area contributed by atoms with E-state index >= 15 is 0 Å². The number of rotatable bonds is 7. The summed E-state index contributed by atoms with van der Waals surface area (Å²) >= 11 is 6.01. The van der Waals surface area contributed by atoms with Crippen molar-refractivity contribution in [2.45, 2.75) is 26.8 Å². The molecule has 0 aliphatic rings. The maximum Gasteiger partial charge on any atom is 0.390 e. The predicted octanol–water partition coefficient (Wildman–Crippen LogP) is 4.96. The molecule has 0 aliphatic carbocycles. The number of aromatic nitrogens is 2. The number of ether oxygens (including phenoxy) is 1. The van der Waals surface area contributed by atoms with Gasteiger partial charge in [-0.05, 0) is 49.5 Å². The van der Waals surface area contributed by atoms with Crippen LogP contribution in [-0.4, -0.2) is 25.5 Å². The fourth-order valence-electron chi connectivity index (χ4n) is 2.95. The minimum Gasteiger partial charge on any atom is -0.457 e. The third-order valence-corrected chi connectivity index (χ3v) is 5.00. The Bertz CT molecular complexity index is 1230. The van der Waals surface area contributed by atoms with Crippen molar-refractivity contribution in [3.63, 3.8) is 0 Å². The number of hydrogen-bond acceptors (Lipinski definition) is 7. The maximum absolute atomic E-state index is 12.7. The van der Waals surface area contributed by atoms with Gasteiger partial charge in [-0.15, -0.1) is 0 Å². The number of halogens is 1. The number of anilines is 1. The van der Waals surface area contributed by atoms with Gasteiger partial charge in [0.1, 0.15) is 17.5 Å². The molecule has 11 nitrogen and oxygen atoms in total. The summed E-state index contributed by atoms with van der Waals surface area (Å²) in [4.78, 5) is 33.7. The zero-order valence-corrected chi connectivity index (χ0v) is 18.0. The fourth-order valence-corrected chi connectivity index (χ4v) is 3.06. The second-order valence-corrected chi connectivity index (χ2v) is 7.40. The Morgan fingerprint density at radius 3 is 2.41 bits per heavy atom. The lowest BCUT2D eigenvalue weighted by atomic mass is 10.2. The summed E-state index contributed by atoms with van der Waals surface area (Å²) in [6, 6.07) is 9.10. The molecule has 1 heterocycles. The summed E-state index contributed by atoms with van der Waals surface area (Å²) < 4.78 is 6.92. The van der Waals surface area contributed by atoms with Gasteiger partial charge in [0.2, 0.25) is 0 Å². The zero-order chi connectivity index (χ0) is 23.6. The van der Waals surface area contributed by atoms with Crippen LogP contribution in [0.4, 0.5) is 17.2 Å². The van der Waals surface area contributed by atoms with Crippen molar-refractivity contribution >= 4 is 34.7 Å². The third kappa shape index (κ3) is 5.01. The monoisotopic (exact) mass is 459 g/mol. The van der Waals surface area contributed by atoms with Gasteiger partial charge < -0.3 is 20.2 Å². The Kier molecular flexibility index (Phi) is 6.40. The molecule has 0 aliphatic heterocycles. The van der Waals surface area contributed by atoms with Crippen molar-refractivity contribution in [1.82, 2.24) is 9.78 Å². The van der Waals surface area contributed by atoms with Crippen LogP contribution in [0.25, 0.3) is 0 Å². The Hall–Kier alpha value is -3.99. The summed E-state index contributed by atoms with van der Waals surface area (Å²) in [6.45, 7) is 4.87. The summed E-state index contributed by atoms with van der Waals surface area (Å²) in [5.41, 5.74) is 1.01. The highest BCUT2D eigenvalue weighted by atomic mass is 35.5. The Morgan fingerprint density at radius 2 is 1.81 bits per heavy atom. The normalized spacial score (nSPS) is 11.6. The minimum absolute atomic E-state index is 0.121. The molecule has 1 atom stereocenters. The number of aryl methyl sites for hydroxylation is 2. The van der Waals surface area contributed by atoms with Crippen LogP contribution in [0, 0.1) is 34.1 Å². The second-order valence-electron chi connectivity index (χ2n) is 7.00. The number of amides is 1. The first-order valence-corrected chi connectivity index (χ1v) is 9.68. The molecule has 2 aromatic carbocycles. The number of benzene rings is 2. The van der Waals surface area contributed by atoms with E-state index in [4.69, 9.17) is 16.3 Å². The molecule has 3 rings (SSSR count). The molecule has 1 aromatic heterocycles. The van der Waals surface area contributed by atoms with E-state index in [0.717, 1.165) is 5.56 Å². The van der Waals surface area contributed by atoms with Gasteiger partial charge in [0.25, 0.3) is 11.6 Å². The molecule has 1 amide bonds. The van der Waals surface area contributed by atoms with Gasteiger partial charge >= 0.3 is 5.82 Å². The maximum atomic E-state index is 12.7. The summed E-state index contributed by atoms with van der Waals surface area (Å²) in [5.74, 6) is -0.404. The van der Waals surface area contributed by atoms with Crippen molar-refractivity contribution in [1.29, 1.82) is 0 Å². The topological polar surface area (TPSA) is 142 Å². The summed E-state index contributed by atoms with van der Waals surface area (Å²) in [7, 11) is 0. The third-order valence-electron chi connectivity index (χ3n) is 4.58. The average molecular weight is 460 g/mol. The number of nitro groups is 2. The lowest BCUT2D eigenvalue weighted by Gasteiger charge is -2.13. The SMILES string of the molecule is Cc1cc(Oc2cc(NC(=O)C(C)n3nc([N+](=O)[O-])cc3C)cc([N+](=O)[O-])c2)ccc1Cl. The van der Waals surface area contributed by atoms with Crippen molar-refractivity contribution in [2.24, 2.45) is 0 Å². The van der Waals surface area contributed by atoms with Gasteiger partial charge in [0.05, 0.1) is 33.5 Å². The number of nitro benzene ring substituents is 1. The van der Waals surface area contributed by atoms with E-state index in [1.165, 1.54) is 35.9 Å². The number of nitrogens with one attached hydrogen (secondary N) is 1. The molecule has 166 valence electrons. The average Bonchev–Trinajstić information content (AvgIpc) is 3.12. The Balaban J connectivity index is 1.86. The lowest BCUT2D eigenvalue weighted by Crippen LogP contribution is -2.25. The number of hydrogen-bond donors (Lipinski definition) is 1. The van der Waals surface area contributed by atoms with Crippen molar-refractivity contribution in [3.05, 3.63) is 79.0 Å². The lowest BCUT2D eigenvalue weighted by molar-refractivity contribution is -0.389. The van der Waals surface area contributed by atoms with Crippen LogP contribution in [0.5, 0.6) is 11.5 Å². The molecule has 0 fully saturated rings. The van der Waals surface area contributed by atoms with Crippen molar-refractivity contribution in [3.8, 4) is 11.5 Å². The van der Waals surface area contributed by atoms with Crippen LogP contribution in [0.15, 0.2) is 42.5 Å². The molecule has 12 heteroatoms. The van der Waals surface area contributed by atoms with E-state index in [1.54, 1.807) is 32.0 Å². The number of nitrogens with zero attached hydrogens (tertiary/aromatic N) is 4. The fraction of sp³-hybridized carbons (Fsp3) is 0.200. The smallest absolute Gasteiger partial charge is 0.390 e. The molecule has 1 unspecified atom stereocenters. The van der Waals surface area contributed by atoms with Crippen LogP contribution in [0.3, 0.4) is 0 Å². The van der Waals surface area contributed by atoms with Gasteiger partial charge in [0.15, 0.2) is 0 Å². The van der Waals surface area contributed by atoms with Crippen LogP contribution in [0.1, 0.15) is 24.2 Å². The molecule has 0 saturated heterocycles. The standard InChI is InChI=1S/C20H18ClN5O6/c1-11-6-16(4-5-18(11)21)32-17-9-14(8-15(10-17)25(28)29)22-20(27)13(3)24-12(2)7-19(23-24)26(30)31/h4-10,13H,1-3H3,(H,22,27). The van der Waals surface area contributed by atoms with E-state index in [2.05, 4.69) is 10.4 Å². The highest BCUT2D eigenvalue weighted by molar-refractivity contribution is 6.31. The molecule has 3 aromatic rings. The highest BCUT2D eigenvalue weighted by Crippen LogP contribution is 2.31. The van der Waals surface area contributed by atoms with Crippen molar-refractivity contribution in [2.75, 3.05) is 5.32 Å². The van der Waals surface area contributed by atoms with E-state index in [-0.39, 0.29) is 22.9 Å². The van der Waals surface area contributed by atoms with Crippen LogP contribution < -0.4 is 10.1 Å². The van der Waals surface area contributed by atoms with Gasteiger partial charge in [-0.1, -0.05) is 11.6 Å². The first kappa shape index (κ1) is 22.7. The van der Waals surface area contributed by atoms with Crippen LogP contribution >= 0.6 is 11.6 Å².